The Morgan fingerprint density at radius 1 is 1.09 bits per heavy atom. The number of anilines is 1. The molecule has 9 heteroatoms. The predicted molar refractivity (Wildman–Crippen MR) is 131 cm³/mol. The molecule has 2 aromatic carbocycles. The topological polar surface area (TPSA) is 111 Å². The Hall–Kier alpha value is -3.56. The van der Waals surface area contributed by atoms with E-state index in [4.69, 9.17) is 5.11 Å². The van der Waals surface area contributed by atoms with Crippen LogP contribution in [-0.2, 0) is 27.5 Å². The highest BCUT2D eigenvalue weighted by Crippen LogP contribution is 2.26. The minimum Gasteiger partial charge on any atom is -0.588 e. The molecule has 1 aliphatic rings. The summed E-state index contributed by atoms with van der Waals surface area (Å²) in [5.41, 5.74) is 2.31. The van der Waals surface area contributed by atoms with E-state index in [1.165, 1.54) is 0 Å². The van der Waals surface area contributed by atoms with E-state index in [0.717, 1.165) is 16.3 Å². The molecule has 1 aliphatic heterocycles. The number of likely N-dealkylation sites (tertiary alicyclic amines) is 1. The van der Waals surface area contributed by atoms with Gasteiger partial charge in [0, 0.05) is 41.8 Å². The largest absolute Gasteiger partial charge is 0.588 e. The molecule has 0 radical (unpaired) electrons. The first kappa shape index (κ1) is 22.2. The molecule has 0 aliphatic carbocycles. The van der Waals surface area contributed by atoms with Crippen molar-refractivity contribution in [3.63, 3.8) is 0 Å². The first-order valence-corrected chi connectivity index (χ1v) is 12.3. The highest BCUT2D eigenvalue weighted by atomic mass is 32.2. The summed E-state index contributed by atoms with van der Waals surface area (Å²) in [6.45, 7) is 1.14. The lowest BCUT2D eigenvalue weighted by molar-refractivity contribution is -0.145. The molecule has 174 valence electrons. The number of aliphatic carboxylic acids is 1. The van der Waals surface area contributed by atoms with Gasteiger partial charge in [-0.25, -0.2) is 4.72 Å². The number of hydrogen-bond acceptors (Lipinski definition) is 5. The fourth-order valence-corrected chi connectivity index (χ4v) is 5.41. The third-order valence-corrected chi connectivity index (χ3v) is 7.43. The number of carboxylic acid groups (broad SMARTS) is 1. The summed E-state index contributed by atoms with van der Waals surface area (Å²) in [5.74, 6) is -1.17. The van der Waals surface area contributed by atoms with Gasteiger partial charge in [0.2, 0.25) is 10.8 Å². The molecule has 4 aromatic rings. The van der Waals surface area contributed by atoms with Gasteiger partial charge >= 0.3 is 5.97 Å². The van der Waals surface area contributed by atoms with Crippen molar-refractivity contribution in [3.8, 4) is 0 Å². The first-order chi connectivity index (χ1) is 16.5. The third kappa shape index (κ3) is 4.44. The Balaban J connectivity index is 1.28. The van der Waals surface area contributed by atoms with E-state index in [0.29, 0.717) is 42.0 Å². The zero-order chi connectivity index (χ0) is 23.7. The average molecular weight is 477 g/mol. The number of pyridine rings is 1. The number of carboxylic acids is 1. The number of amides is 1. The van der Waals surface area contributed by atoms with Gasteiger partial charge in [-0.15, -0.1) is 0 Å². The van der Waals surface area contributed by atoms with Crippen LogP contribution in [0.15, 0.2) is 71.9 Å². The van der Waals surface area contributed by atoms with Crippen molar-refractivity contribution in [1.29, 1.82) is 0 Å². The number of carbonyl (C=O) groups is 2. The second kappa shape index (κ2) is 9.36. The van der Waals surface area contributed by atoms with Crippen LogP contribution in [0.1, 0.15) is 12.8 Å². The minimum absolute atomic E-state index is 0.0203. The van der Waals surface area contributed by atoms with Crippen molar-refractivity contribution in [2.75, 3.05) is 17.8 Å². The highest BCUT2D eigenvalue weighted by Gasteiger charge is 2.27. The lowest BCUT2D eigenvalue weighted by Crippen LogP contribution is -2.41. The first-order valence-electron chi connectivity index (χ1n) is 11.1. The molecule has 1 unspecified atom stereocenters. The van der Waals surface area contributed by atoms with Gasteiger partial charge in [-0.1, -0.05) is 18.2 Å². The number of nitrogens with zero attached hydrogens (tertiary/aromatic N) is 3. The maximum atomic E-state index is 13.0. The molecule has 1 amide bonds. The lowest BCUT2D eigenvalue weighted by Gasteiger charge is -2.30. The van der Waals surface area contributed by atoms with Crippen molar-refractivity contribution < 1.29 is 19.2 Å². The molecule has 2 aromatic heterocycles. The maximum absolute atomic E-state index is 13.0. The number of benzene rings is 2. The molecule has 2 N–H and O–H groups in total. The van der Waals surface area contributed by atoms with Gasteiger partial charge in [0.1, 0.15) is 23.4 Å². The maximum Gasteiger partial charge on any atom is 0.306 e. The zero-order valence-electron chi connectivity index (χ0n) is 18.4. The van der Waals surface area contributed by atoms with Gasteiger partial charge in [0.25, 0.3) is 0 Å². The molecule has 8 nitrogen and oxygen atoms in total. The van der Waals surface area contributed by atoms with Gasteiger partial charge in [0.15, 0.2) is 0 Å². The van der Waals surface area contributed by atoms with Gasteiger partial charge in [0.05, 0.1) is 11.6 Å². The lowest BCUT2D eigenvalue weighted by atomic mass is 9.97. The van der Waals surface area contributed by atoms with E-state index >= 15 is 0 Å². The van der Waals surface area contributed by atoms with Crippen LogP contribution in [0.2, 0.25) is 0 Å². The van der Waals surface area contributed by atoms with Crippen LogP contribution in [0.4, 0.5) is 5.69 Å². The number of carbonyl (C=O) groups excluding carboxylic acids is 1. The molecule has 1 fully saturated rings. The van der Waals surface area contributed by atoms with Crippen LogP contribution >= 0.6 is 0 Å². The Morgan fingerprint density at radius 3 is 2.68 bits per heavy atom. The Kier molecular flexibility index (Phi) is 6.12. The number of fused-ring (bicyclic) bond motifs is 2. The standard InChI is InChI=1S/C25H24N4O4S/c30-23(28-12-8-18(9-13-28)25(31)32)16-29-14-10-19-15-20(6-7-21(19)29)27-34(33)22-5-1-3-17-4-2-11-26-24(17)22/h1-7,10-11,14-15,18,27H,8-9,12-13,16H2,(H,31,32). The fraction of sp³-hybridized carbons (Fsp3) is 0.240. The molecular formula is C25H24N4O4S. The van der Waals surface area contributed by atoms with Gasteiger partial charge in [-0.05, 0) is 49.2 Å². The van der Waals surface area contributed by atoms with Crippen molar-refractivity contribution in [1.82, 2.24) is 14.5 Å². The number of rotatable bonds is 6. The van der Waals surface area contributed by atoms with Gasteiger partial charge in [-0.3, -0.25) is 14.6 Å². The SMILES string of the molecule is O=C(O)C1CCN(C(=O)Cn2ccc3cc(N[S+]([O-])c4cccc5cccnc45)ccc32)CC1. The Bertz CT molecular complexity index is 1360. The molecule has 0 spiro atoms. The van der Waals surface area contributed by atoms with Crippen molar-refractivity contribution >= 4 is 50.7 Å². The van der Waals surface area contributed by atoms with E-state index in [-0.39, 0.29) is 18.4 Å². The molecule has 34 heavy (non-hydrogen) atoms. The normalized spacial score (nSPS) is 15.5. The number of nitrogens with one attached hydrogen (secondary N) is 1. The minimum atomic E-state index is -1.49. The smallest absolute Gasteiger partial charge is 0.306 e. The monoisotopic (exact) mass is 476 g/mol. The number of piperidine rings is 1. The fourth-order valence-electron chi connectivity index (χ4n) is 4.41. The molecular weight excluding hydrogens is 452 g/mol. The van der Waals surface area contributed by atoms with Crippen LogP contribution in [0.5, 0.6) is 0 Å². The summed E-state index contributed by atoms with van der Waals surface area (Å²) in [6.07, 6.45) is 4.53. The number of aromatic nitrogens is 2. The Labute approximate surface area is 199 Å². The van der Waals surface area contributed by atoms with Crippen LogP contribution in [0.3, 0.4) is 0 Å². The van der Waals surface area contributed by atoms with E-state index in [1.54, 1.807) is 17.2 Å². The summed E-state index contributed by atoms with van der Waals surface area (Å²) in [4.78, 5) is 30.6. The molecule has 5 rings (SSSR count). The summed E-state index contributed by atoms with van der Waals surface area (Å²) >= 11 is -1.49. The molecule has 1 atom stereocenters. The van der Waals surface area contributed by atoms with E-state index < -0.39 is 17.3 Å². The van der Waals surface area contributed by atoms with Crippen molar-refractivity contribution in [2.24, 2.45) is 5.92 Å². The third-order valence-electron chi connectivity index (χ3n) is 6.28. The molecule has 3 heterocycles. The average Bonchev–Trinajstić information content (AvgIpc) is 3.25. The number of hydrogen-bond donors (Lipinski definition) is 2. The summed E-state index contributed by atoms with van der Waals surface area (Å²) in [7, 11) is 0. The highest BCUT2D eigenvalue weighted by molar-refractivity contribution is 7.93. The predicted octanol–water partition coefficient (Wildman–Crippen LogP) is 3.65. The van der Waals surface area contributed by atoms with Gasteiger partial charge < -0.3 is 19.1 Å². The van der Waals surface area contributed by atoms with Crippen molar-refractivity contribution in [2.45, 2.75) is 24.3 Å². The van der Waals surface area contributed by atoms with Crippen LogP contribution < -0.4 is 4.72 Å². The van der Waals surface area contributed by atoms with Crippen LogP contribution in [0.25, 0.3) is 21.8 Å². The van der Waals surface area contributed by atoms with Gasteiger partial charge in [-0.2, -0.15) is 0 Å². The second-order valence-corrected chi connectivity index (χ2v) is 9.59. The molecule has 0 bridgehead atoms. The van der Waals surface area contributed by atoms with E-state index in [1.807, 2.05) is 59.3 Å². The molecule has 1 saturated heterocycles. The Morgan fingerprint density at radius 2 is 1.88 bits per heavy atom. The number of para-hydroxylation sites is 1. The van der Waals surface area contributed by atoms with E-state index in [2.05, 4.69) is 9.71 Å². The quantitative estimate of drug-likeness (QED) is 0.411. The summed E-state index contributed by atoms with van der Waals surface area (Å²) in [6, 6.07) is 17.0. The van der Waals surface area contributed by atoms with Crippen molar-refractivity contribution in [3.05, 3.63) is 67.0 Å². The zero-order valence-corrected chi connectivity index (χ0v) is 19.2. The van der Waals surface area contributed by atoms with E-state index in [9.17, 15) is 14.1 Å². The van der Waals surface area contributed by atoms with Crippen LogP contribution in [0, 0.1) is 5.92 Å². The van der Waals surface area contributed by atoms with Crippen LogP contribution in [-0.4, -0.2) is 49.1 Å². The summed E-state index contributed by atoms with van der Waals surface area (Å²) < 4.78 is 18.0. The summed E-state index contributed by atoms with van der Waals surface area (Å²) in [5, 5.41) is 11.0. The molecule has 0 saturated carbocycles. The second-order valence-electron chi connectivity index (χ2n) is 8.41.